The summed E-state index contributed by atoms with van der Waals surface area (Å²) in [5, 5.41) is 0. The fourth-order valence-electron chi connectivity index (χ4n) is 20.3. The van der Waals surface area contributed by atoms with E-state index in [-0.39, 0.29) is 0 Å². The summed E-state index contributed by atoms with van der Waals surface area (Å²) in [5.74, 6) is 22.7. The van der Waals surface area contributed by atoms with Crippen LogP contribution in [0.3, 0.4) is 0 Å². The number of hydrogen-bond donors (Lipinski definition) is 0. The lowest BCUT2D eigenvalue weighted by atomic mass is 9.44. The topological polar surface area (TPSA) is 0 Å². The first-order valence-corrected chi connectivity index (χ1v) is 24.8. The third kappa shape index (κ3) is 5.65. The molecule has 0 saturated heterocycles. The molecule has 0 aliphatic heterocycles. The molecular weight excluding hydrogens is 601 g/mol. The van der Waals surface area contributed by atoms with E-state index >= 15 is 0 Å². The van der Waals surface area contributed by atoms with Crippen LogP contribution in [0.25, 0.3) is 0 Å². The second-order valence-electron chi connectivity index (χ2n) is 22.9. The van der Waals surface area contributed by atoms with Gasteiger partial charge in [-0.15, -0.1) is 0 Å². The van der Waals surface area contributed by atoms with Crippen LogP contribution in [0, 0.1) is 118 Å². The summed E-state index contributed by atoms with van der Waals surface area (Å²) >= 11 is 0. The maximum atomic E-state index is 1.71. The minimum atomic E-state index is 1.11. The van der Waals surface area contributed by atoms with Gasteiger partial charge in [0, 0.05) is 0 Å². The fraction of sp³-hybridized carbons (Fsp3) is 1.00. The molecule has 0 aromatic rings. The predicted molar refractivity (Wildman–Crippen MR) is 208 cm³/mol. The van der Waals surface area contributed by atoms with Crippen molar-refractivity contribution in [2.75, 3.05) is 0 Å². The Balaban J connectivity index is 0.926. The highest BCUT2D eigenvalue weighted by atomic mass is 14.6. The van der Waals surface area contributed by atoms with Crippen molar-refractivity contribution in [3.8, 4) is 0 Å². The number of hydrogen-bond acceptors (Lipinski definition) is 0. The van der Waals surface area contributed by atoms with Gasteiger partial charge in [0.1, 0.15) is 0 Å². The van der Waals surface area contributed by atoms with Gasteiger partial charge in [0.2, 0.25) is 0 Å². The van der Waals surface area contributed by atoms with E-state index in [9.17, 15) is 0 Å². The van der Waals surface area contributed by atoms with Gasteiger partial charge in [0.05, 0.1) is 0 Å². The Bertz CT molecular complexity index is 1100. The molecule has 11 fully saturated rings. The Kier molecular flexibility index (Phi) is 9.30. The minimum Gasteiger partial charge on any atom is -0.0530 e. The fourth-order valence-corrected chi connectivity index (χ4v) is 20.3. The minimum absolute atomic E-state index is 1.11. The molecule has 50 heavy (non-hydrogen) atoms. The molecule has 0 amide bonds. The molecule has 11 aliphatic carbocycles. The van der Waals surface area contributed by atoms with Crippen LogP contribution in [0.1, 0.15) is 193 Å². The Morgan fingerprint density at radius 2 is 0.500 bits per heavy atom. The largest absolute Gasteiger partial charge is 0.0530 e. The third-order valence-corrected chi connectivity index (χ3v) is 21.6. The van der Waals surface area contributed by atoms with Gasteiger partial charge in [0.25, 0.3) is 0 Å². The van der Waals surface area contributed by atoms with Crippen molar-refractivity contribution in [1.82, 2.24) is 0 Å². The first-order valence-electron chi connectivity index (χ1n) is 24.8. The second kappa shape index (κ2) is 13.9. The summed E-state index contributed by atoms with van der Waals surface area (Å²) in [7, 11) is 0. The van der Waals surface area contributed by atoms with Crippen molar-refractivity contribution in [1.29, 1.82) is 0 Å². The van der Waals surface area contributed by atoms with Crippen LogP contribution in [0.5, 0.6) is 0 Å². The smallest absolute Gasteiger partial charge is 0.0321 e. The van der Waals surface area contributed by atoms with Crippen LogP contribution in [-0.2, 0) is 0 Å². The summed E-state index contributed by atoms with van der Waals surface area (Å²) in [5.41, 5.74) is 0. The zero-order chi connectivity index (χ0) is 32.8. The van der Waals surface area contributed by atoms with E-state index in [2.05, 4.69) is 0 Å². The van der Waals surface area contributed by atoms with Crippen molar-refractivity contribution in [2.24, 2.45) is 118 Å². The third-order valence-electron chi connectivity index (χ3n) is 21.6. The molecule has 0 bridgehead atoms. The van der Waals surface area contributed by atoms with E-state index in [1.807, 2.05) is 0 Å². The summed E-state index contributed by atoms with van der Waals surface area (Å²) in [6.45, 7) is 0. The SMILES string of the molecule is C1CCC2C(C1)CC(C1CC(C3CC4CCCCC4C4CCCCC34)CC(C3CCC4CCC5CCCC6CCC3C4C56)C1)C1CCCCC21. The maximum absolute atomic E-state index is 1.71. The van der Waals surface area contributed by atoms with E-state index in [1.54, 1.807) is 193 Å². The standard InChI is InChI=1S/C50H80/c1-3-14-39-34(10-1)29-47(44-18-7-5-16-42(39)44)37-26-36(41-24-22-33-21-20-31-12-9-13-32-23-25-46(41)50(33)49(31)32)27-38(28-37)48-30-35-11-2-4-15-40(35)43-17-6-8-19-45(43)48/h31-50H,1-30H2. The summed E-state index contributed by atoms with van der Waals surface area (Å²) in [6.07, 6.45) is 48.9. The van der Waals surface area contributed by atoms with Gasteiger partial charge in [-0.25, -0.2) is 0 Å². The first-order chi connectivity index (χ1) is 24.8. The molecule has 0 heteroatoms. The summed E-state index contributed by atoms with van der Waals surface area (Å²) < 4.78 is 0. The number of fused-ring (bicyclic) bond motifs is 6. The highest BCUT2D eigenvalue weighted by Gasteiger charge is 2.57. The molecule has 0 nitrogen and oxygen atoms in total. The zero-order valence-electron chi connectivity index (χ0n) is 32.8. The number of rotatable bonds is 3. The van der Waals surface area contributed by atoms with Crippen molar-refractivity contribution in [3.63, 3.8) is 0 Å². The van der Waals surface area contributed by atoms with Gasteiger partial charge in [-0.2, -0.15) is 0 Å². The van der Waals surface area contributed by atoms with Crippen LogP contribution in [0.2, 0.25) is 0 Å². The normalized spacial score (nSPS) is 57.6. The highest BCUT2D eigenvalue weighted by Crippen LogP contribution is 2.66. The van der Waals surface area contributed by atoms with Gasteiger partial charge in [0.15, 0.2) is 0 Å². The first kappa shape index (κ1) is 33.3. The van der Waals surface area contributed by atoms with Gasteiger partial charge in [-0.3, -0.25) is 0 Å². The molecule has 0 N–H and O–H groups in total. The van der Waals surface area contributed by atoms with Crippen molar-refractivity contribution >= 4 is 0 Å². The van der Waals surface area contributed by atoms with Crippen molar-refractivity contribution in [2.45, 2.75) is 193 Å². The maximum Gasteiger partial charge on any atom is -0.0321 e. The molecule has 19 atom stereocenters. The molecule has 11 aliphatic rings. The predicted octanol–water partition coefficient (Wildman–Crippen LogP) is 14.2. The average Bonchev–Trinajstić information content (AvgIpc) is 3.19. The van der Waals surface area contributed by atoms with E-state index in [1.165, 1.54) is 11.8 Å². The zero-order valence-corrected chi connectivity index (χ0v) is 32.8. The Labute approximate surface area is 310 Å². The average molecular weight is 681 g/mol. The Morgan fingerprint density at radius 3 is 1.02 bits per heavy atom. The molecular formula is C50H80. The lowest BCUT2D eigenvalue weighted by Crippen LogP contribution is -2.54. The molecule has 0 aromatic carbocycles. The van der Waals surface area contributed by atoms with Gasteiger partial charge >= 0.3 is 0 Å². The second-order valence-corrected chi connectivity index (χ2v) is 22.9. The monoisotopic (exact) mass is 681 g/mol. The summed E-state index contributed by atoms with van der Waals surface area (Å²) in [6, 6.07) is 0. The van der Waals surface area contributed by atoms with Crippen LogP contribution in [0.4, 0.5) is 0 Å². The highest BCUT2D eigenvalue weighted by molar-refractivity contribution is 5.07. The molecule has 11 saturated carbocycles. The molecule has 0 heterocycles. The van der Waals surface area contributed by atoms with Crippen LogP contribution in [-0.4, -0.2) is 0 Å². The Hall–Kier alpha value is 0. The molecule has 0 radical (unpaired) electrons. The van der Waals surface area contributed by atoms with Gasteiger partial charge in [-0.05, 0) is 228 Å². The molecule has 0 aromatic heterocycles. The van der Waals surface area contributed by atoms with E-state index in [4.69, 9.17) is 0 Å². The van der Waals surface area contributed by atoms with Crippen LogP contribution < -0.4 is 0 Å². The van der Waals surface area contributed by atoms with E-state index in [0.717, 1.165) is 107 Å². The molecule has 0 spiro atoms. The summed E-state index contributed by atoms with van der Waals surface area (Å²) in [4.78, 5) is 0. The van der Waals surface area contributed by atoms with Gasteiger partial charge in [-0.1, -0.05) is 83.5 Å². The van der Waals surface area contributed by atoms with Crippen molar-refractivity contribution < 1.29 is 0 Å². The van der Waals surface area contributed by atoms with Crippen LogP contribution in [0.15, 0.2) is 0 Å². The van der Waals surface area contributed by atoms with E-state index < -0.39 is 0 Å². The van der Waals surface area contributed by atoms with E-state index in [0.29, 0.717) is 0 Å². The molecule has 11 rings (SSSR count). The Morgan fingerprint density at radius 1 is 0.160 bits per heavy atom. The molecule has 280 valence electrons. The van der Waals surface area contributed by atoms with Gasteiger partial charge < -0.3 is 0 Å². The molecule has 19 unspecified atom stereocenters. The quantitative estimate of drug-likeness (QED) is 0.278. The van der Waals surface area contributed by atoms with Crippen molar-refractivity contribution in [3.05, 3.63) is 0 Å². The lowest BCUT2D eigenvalue weighted by Gasteiger charge is -2.62. The lowest BCUT2D eigenvalue weighted by molar-refractivity contribution is -0.123. The van der Waals surface area contributed by atoms with Crippen LogP contribution >= 0.6 is 0 Å².